The standard InChI is InChI=1S/C55H64N2O13/c1-26(2)12-11-19-53(8)20-18-32-46(68-53)31(16-15-27(3)4)48-38(47(32)67-51-45(63)44(62)43(61)34(25-59)66-51)41-39-36(37-40(57-41)29-13-9-10-14-30(29)42(37)60)33-24-35-52(6,7)70-54(49(33)64,55(35,39)69-48)21-17-28(5)50(65)56-22-23-58/h9-10,12-15,17-18,20,33-37,43-45,51,58-59,61-63H,11,16,19,21-25H2,1-8H3,(H,56,65)/t33?,34-,35?,36?,37?,43-,44+,45-,51+,53?,54?,55?/m0/s1. The summed E-state index contributed by atoms with van der Waals surface area (Å²) in [6, 6.07) is 7.32. The van der Waals surface area contributed by atoms with E-state index in [9.17, 15) is 35.1 Å². The average molecular weight is 961 g/mol. The van der Waals surface area contributed by atoms with Gasteiger partial charge in [-0.1, -0.05) is 53.6 Å². The number of benzene rings is 2. The van der Waals surface area contributed by atoms with Gasteiger partial charge >= 0.3 is 0 Å². The molecule has 2 aromatic rings. The Labute approximate surface area is 407 Å². The molecule has 70 heavy (non-hydrogen) atoms. The van der Waals surface area contributed by atoms with E-state index in [1.807, 2.05) is 78.8 Å². The zero-order valence-electron chi connectivity index (χ0n) is 41.0. The monoisotopic (exact) mass is 960 g/mol. The molecule has 11 rings (SSSR count). The van der Waals surface area contributed by atoms with Crippen molar-refractivity contribution in [1.29, 1.82) is 0 Å². The van der Waals surface area contributed by atoms with Crippen molar-refractivity contribution in [3.8, 4) is 17.2 Å². The van der Waals surface area contributed by atoms with Crippen LogP contribution in [-0.2, 0) is 25.5 Å². The molecule has 5 fully saturated rings. The zero-order chi connectivity index (χ0) is 50.0. The second-order valence-corrected chi connectivity index (χ2v) is 21.5. The molecule has 5 aliphatic heterocycles. The summed E-state index contributed by atoms with van der Waals surface area (Å²) in [7, 11) is 0. The van der Waals surface area contributed by atoms with Crippen molar-refractivity contribution in [3.63, 3.8) is 0 Å². The van der Waals surface area contributed by atoms with E-state index >= 15 is 4.79 Å². The van der Waals surface area contributed by atoms with Gasteiger partial charge in [-0.05, 0) is 93.2 Å². The number of nitrogens with one attached hydrogen (secondary N) is 1. The van der Waals surface area contributed by atoms with Crippen LogP contribution in [0.15, 0.2) is 75.9 Å². The minimum absolute atomic E-state index is 0.0409. The number of aliphatic hydroxyl groups excluding tert-OH is 5. The van der Waals surface area contributed by atoms with Crippen molar-refractivity contribution in [2.75, 3.05) is 19.8 Å². The Kier molecular flexibility index (Phi) is 11.9. The number of carbonyl (C=O) groups excluding carboxylic acids is 3. The summed E-state index contributed by atoms with van der Waals surface area (Å²) in [5.74, 6) is -2.79. The number of aliphatic hydroxyl groups is 5. The van der Waals surface area contributed by atoms with E-state index in [2.05, 4.69) is 17.5 Å². The molecular formula is C55H64N2O13. The number of hydrogen-bond donors (Lipinski definition) is 6. The summed E-state index contributed by atoms with van der Waals surface area (Å²) in [5.41, 5.74) is 1.39. The maximum atomic E-state index is 16.0. The number of ketones is 2. The molecule has 9 aliphatic rings. The van der Waals surface area contributed by atoms with Crippen LogP contribution >= 0.6 is 0 Å². The van der Waals surface area contributed by atoms with Gasteiger partial charge in [-0.25, -0.2) is 0 Å². The topological polar surface area (TPSA) is 223 Å². The normalized spacial score (nSPS) is 34.6. The van der Waals surface area contributed by atoms with Gasteiger partial charge < -0.3 is 54.5 Å². The fraction of sp³-hybridized carbons (Fsp3) is 0.527. The Morgan fingerprint density at radius 2 is 1.66 bits per heavy atom. The summed E-state index contributed by atoms with van der Waals surface area (Å²) in [4.78, 5) is 49.8. The highest BCUT2D eigenvalue weighted by molar-refractivity contribution is 6.31. The number of hydrogen-bond acceptors (Lipinski definition) is 14. The fourth-order valence-electron chi connectivity index (χ4n) is 12.7. The lowest BCUT2D eigenvalue weighted by Crippen LogP contribution is -2.75. The molecule has 1 spiro atoms. The number of amides is 1. The smallest absolute Gasteiger partial charge is 0.246 e. The molecule has 2 aromatic carbocycles. The second kappa shape index (κ2) is 17.2. The third-order valence-corrected chi connectivity index (χ3v) is 16.0. The molecule has 0 radical (unpaired) electrons. The van der Waals surface area contributed by atoms with Crippen LogP contribution < -0.4 is 19.5 Å². The number of rotatable bonds is 13. The van der Waals surface area contributed by atoms with Gasteiger partial charge in [-0.2, -0.15) is 0 Å². The van der Waals surface area contributed by atoms with Crippen LogP contribution in [0.3, 0.4) is 0 Å². The Balaban J connectivity index is 1.30. The Morgan fingerprint density at radius 1 is 0.929 bits per heavy atom. The van der Waals surface area contributed by atoms with Crippen molar-refractivity contribution >= 4 is 35.0 Å². The molecule has 1 amide bonds. The molecule has 15 heteroatoms. The summed E-state index contributed by atoms with van der Waals surface area (Å²) >= 11 is 0. The molecule has 6 N–H and O–H groups in total. The molecule has 2 saturated heterocycles. The van der Waals surface area contributed by atoms with E-state index in [1.54, 1.807) is 19.1 Å². The number of fused-ring (bicyclic) bond motifs is 6. The number of ether oxygens (including phenoxy) is 5. The lowest BCUT2D eigenvalue weighted by molar-refractivity contribution is -0.277. The van der Waals surface area contributed by atoms with Gasteiger partial charge in [-0.3, -0.25) is 19.4 Å². The van der Waals surface area contributed by atoms with Gasteiger partial charge in [0.15, 0.2) is 22.8 Å². The molecule has 5 heterocycles. The van der Waals surface area contributed by atoms with Crippen molar-refractivity contribution in [2.45, 2.75) is 141 Å². The van der Waals surface area contributed by atoms with Gasteiger partial charge in [-0.15, -0.1) is 0 Å². The van der Waals surface area contributed by atoms with Crippen LogP contribution in [0, 0.1) is 23.7 Å². The third-order valence-electron chi connectivity index (χ3n) is 16.0. The van der Waals surface area contributed by atoms with Gasteiger partial charge in [0, 0.05) is 58.6 Å². The maximum absolute atomic E-state index is 16.0. The maximum Gasteiger partial charge on any atom is 0.246 e. The molecule has 372 valence electrons. The number of Topliss-reactive ketones (excluding diaryl/α,β-unsaturated/α-hetero) is 2. The largest absolute Gasteiger partial charge is 0.482 e. The molecule has 7 unspecified atom stereocenters. The number of allylic oxidation sites excluding steroid dienone is 4. The highest BCUT2D eigenvalue weighted by atomic mass is 16.7. The zero-order valence-corrected chi connectivity index (χ0v) is 41.0. The van der Waals surface area contributed by atoms with E-state index in [4.69, 9.17) is 28.7 Å². The van der Waals surface area contributed by atoms with Crippen LogP contribution in [0.25, 0.3) is 11.8 Å². The van der Waals surface area contributed by atoms with Gasteiger partial charge in [0.05, 0.1) is 47.3 Å². The summed E-state index contributed by atoms with van der Waals surface area (Å²) in [6.45, 7) is 14.7. The first kappa shape index (κ1) is 48.4. The minimum atomic E-state index is -1.79. The Hall–Kier alpha value is -5.26. The molecule has 3 saturated carbocycles. The van der Waals surface area contributed by atoms with E-state index in [0.717, 1.165) is 11.1 Å². The van der Waals surface area contributed by atoms with Gasteiger partial charge in [0.25, 0.3) is 0 Å². The highest BCUT2D eigenvalue weighted by Crippen LogP contribution is 2.74. The van der Waals surface area contributed by atoms with Crippen LogP contribution in [0.1, 0.15) is 114 Å². The van der Waals surface area contributed by atoms with Crippen molar-refractivity contribution in [1.82, 2.24) is 5.32 Å². The van der Waals surface area contributed by atoms with E-state index in [1.165, 1.54) is 0 Å². The second-order valence-electron chi connectivity index (χ2n) is 21.5. The van der Waals surface area contributed by atoms with Crippen LogP contribution in [-0.4, -0.2) is 122 Å². The predicted octanol–water partition coefficient (Wildman–Crippen LogP) is 5.27. The van der Waals surface area contributed by atoms with Crippen molar-refractivity contribution < 1.29 is 63.6 Å². The molecule has 12 atom stereocenters. The lowest BCUT2D eigenvalue weighted by atomic mass is 9.43. The molecule has 4 aliphatic carbocycles. The molecule has 15 nitrogen and oxygen atoms in total. The van der Waals surface area contributed by atoms with Crippen LogP contribution in [0.5, 0.6) is 17.2 Å². The van der Waals surface area contributed by atoms with Crippen molar-refractivity contribution in [2.24, 2.45) is 28.7 Å². The summed E-state index contributed by atoms with van der Waals surface area (Å²) in [5, 5.41) is 56.1. The summed E-state index contributed by atoms with van der Waals surface area (Å²) in [6.07, 6.45) is 3.50. The molecule has 0 aromatic heterocycles. The van der Waals surface area contributed by atoms with E-state index in [0.29, 0.717) is 75.4 Å². The predicted molar refractivity (Wildman–Crippen MR) is 258 cm³/mol. The first-order valence-electron chi connectivity index (χ1n) is 24.6. The minimum Gasteiger partial charge on any atom is -0.482 e. The van der Waals surface area contributed by atoms with Crippen LogP contribution in [0.4, 0.5) is 0 Å². The number of nitrogens with zero attached hydrogens (tertiary/aromatic N) is 1. The third kappa shape index (κ3) is 7.01. The Morgan fingerprint density at radius 3 is 2.36 bits per heavy atom. The molecule has 4 bridgehead atoms. The van der Waals surface area contributed by atoms with E-state index < -0.39 is 89.3 Å². The van der Waals surface area contributed by atoms with Crippen LogP contribution in [0.2, 0.25) is 0 Å². The quantitative estimate of drug-likeness (QED) is 0.111. The van der Waals surface area contributed by atoms with Gasteiger partial charge in [0.1, 0.15) is 47.3 Å². The lowest BCUT2D eigenvalue weighted by Gasteiger charge is -2.62. The Bertz CT molecular complexity index is 2770. The molecular weight excluding hydrogens is 897 g/mol. The highest BCUT2D eigenvalue weighted by Gasteiger charge is 2.84. The SMILES string of the molecule is CC(C)=CCCC1(C)C=Cc2c(c(CC=C(C)C)c3c(c2O[C@H]2O[C@@H](CO)[C@H](O)[C@@H](O)[C@@H]2O)C2=C4C(C5CC6C(C)(C)OC(CC=C(C)C(=O)NCCO)(C5=O)C46O3)C3C(=O)c4ccccc4C3=N2)O1. The first-order chi connectivity index (χ1) is 33.2. The van der Waals surface area contributed by atoms with Gasteiger partial charge in [0.2, 0.25) is 12.2 Å². The van der Waals surface area contributed by atoms with E-state index in [-0.39, 0.29) is 49.1 Å². The number of aliphatic imine (C=N–C) groups is 1. The summed E-state index contributed by atoms with van der Waals surface area (Å²) < 4.78 is 35.3. The van der Waals surface area contributed by atoms with Crippen molar-refractivity contribution in [3.05, 3.63) is 98.7 Å². The average Bonchev–Trinajstić information content (AvgIpc) is 3.68. The fourth-order valence-corrected chi connectivity index (χ4v) is 12.7. The first-order valence-corrected chi connectivity index (χ1v) is 24.6. The number of carbonyl (C=O) groups is 3.